The summed E-state index contributed by atoms with van der Waals surface area (Å²) in [7, 11) is 0. The molecule has 2 rings (SSSR count). The van der Waals surface area contributed by atoms with Crippen molar-refractivity contribution in [2.75, 3.05) is 0 Å². The van der Waals surface area contributed by atoms with Crippen LogP contribution in [0.4, 0.5) is 0 Å². The normalized spacial score (nSPS) is 10.2. The molecule has 0 saturated carbocycles. The molecule has 0 aliphatic rings. The van der Waals surface area contributed by atoms with Gasteiger partial charge in [-0.2, -0.15) is 9.78 Å². The molecule has 0 atom stereocenters. The number of hydrogen-bond acceptors (Lipinski definition) is 5. The van der Waals surface area contributed by atoms with Crippen LogP contribution in [0.15, 0.2) is 18.5 Å². The van der Waals surface area contributed by atoms with E-state index in [1.165, 1.54) is 11.0 Å². The Bertz CT molecular complexity index is 364. The lowest BCUT2D eigenvalue weighted by Crippen LogP contribution is -2.01. The highest BCUT2D eigenvalue weighted by Gasteiger charge is 1.99. The average molecular weight is 175 g/mol. The highest BCUT2D eigenvalue weighted by atomic mass is 15.5. The molecule has 0 aromatic carbocycles. The van der Waals surface area contributed by atoms with E-state index in [4.69, 9.17) is 0 Å². The maximum Gasteiger partial charge on any atom is 0.179 e. The van der Waals surface area contributed by atoms with E-state index in [0.29, 0.717) is 12.2 Å². The van der Waals surface area contributed by atoms with Crippen molar-refractivity contribution < 1.29 is 0 Å². The molecular weight excluding hydrogens is 168 g/mol. The zero-order chi connectivity index (χ0) is 9.10. The SMILES string of the molecule is [CH2]Cc1ccc(-n2cnnn2)nn1. The number of rotatable bonds is 2. The summed E-state index contributed by atoms with van der Waals surface area (Å²) in [5, 5.41) is 18.5. The van der Waals surface area contributed by atoms with Gasteiger partial charge in [-0.3, -0.25) is 0 Å². The summed E-state index contributed by atoms with van der Waals surface area (Å²) in [6, 6.07) is 3.64. The van der Waals surface area contributed by atoms with Crippen molar-refractivity contribution in [2.45, 2.75) is 6.42 Å². The Hall–Kier alpha value is -1.85. The lowest BCUT2D eigenvalue weighted by molar-refractivity contribution is 0.749. The predicted octanol–water partition coefficient (Wildman–Crippen LogP) is -0.171. The molecule has 0 aliphatic carbocycles. The van der Waals surface area contributed by atoms with Crippen molar-refractivity contribution >= 4 is 0 Å². The van der Waals surface area contributed by atoms with Crippen LogP contribution in [0, 0.1) is 6.92 Å². The van der Waals surface area contributed by atoms with Crippen molar-refractivity contribution in [3.05, 3.63) is 31.1 Å². The summed E-state index contributed by atoms with van der Waals surface area (Å²) >= 11 is 0. The predicted molar refractivity (Wildman–Crippen MR) is 43.8 cm³/mol. The maximum atomic E-state index is 3.92. The third kappa shape index (κ3) is 1.51. The van der Waals surface area contributed by atoms with Crippen molar-refractivity contribution in [2.24, 2.45) is 0 Å². The first-order valence-corrected chi connectivity index (χ1v) is 3.75. The van der Waals surface area contributed by atoms with E-state index in [1.54, 1.807) is 6.07 Å². The van der Waals surface area contributed by atoms with Gasteiger partial charge in [0.15, 0.2) is 5.82 Å². The Morgan fingerprint density at radius 1 is 1.31 bits per heavy atom. The molecule has 65 valence electrons. The Kier molecular flexibility index (Phi) is 1.95. The molecule has 0 N–H and O–H groups in total. The van der Waals surface area contributed by atoms with Crippen LogP contribution < -0.4 is 0 Å². The van der Waals surface area contributed by atoms with Crippen LogP contribution >= 0.6 is 0 Å². The zero-order valence-corrected chi connectivity index (χ0v) is 6.83. The van der Waals surface area contributed by atoms with Gasteiger partial charge in [0.05, 0.1) is 5.69 Å². The van der Waals surface area contributed by atoms with Gasteiger partial charge in [-0.05, 0) is 35.9 Å². The van der Waals surface area contributed by atoms with Crippen LogP contribution in [0.2, 0.25) is 0 Å². The van der Waals surface area contributed by atoms with Crippen molar-refractivity contribution in [3.63, 3.8) is 0 Å². The van der Waals surface area contributed by atoms with Crippen LogP contribution in [0.25, 0.3) is 5.82 Å². The number of hydrogen-bond donors (Lipinski definition) is 0. The molecule has 2 aromatic heterocycles. The fraction of sp³-hybridized carbons (Fsp3) is 0.143. The van der Waals surface area contributed by atoms with Crippen LogP contribution in [0.1, 0.15) is 5.69 Å². The van der Waals surface area contributed by atoms with Crippen LogP contribution in [-0.2, 0) is 6.42 Å². The van der Waals surface area contributed by atoms with Crippen molar-refractivity contribution in [3.8, 4) is 5.82 Å². The first kappa shape index (κ1) is 7.78. The molecule has 6 nitrogen and oxygen atoms in total. The molecule has 0 fully saturated rings. The summed E-state index contributed by atoms with van der Waals surface area (Å²) in [6.45, 7) is 3.70. The molecule has 1 radical (unpaired) electrons. The van der Waals surface area contributed by atoms with Gasteiger partial charge in [0.2, 0.25) is 0 Å². The first-order valence-electron chi connectivity index (χ1n) is 3.75. The summed E-state index contributed by atoms with van der Waals surface area (Å²) in [5.41, 5.74) is 0.844. The van der Waals surface area contributed by atoms with E-state index in [2.05, 4.69) is 32.6 Å². The van der Waals surface area contributed by atoms with Gasteiger partial charge in [0.25, 0.3) is 0 Å². The minimum absolute atomic E-state index is 0.599. The topological polar surface area (TPSA) is 69.4 Å². The third-order valence-corrected chi connectivity index (χ3v) is 1.55. The number of aromatic nitrogens is 6. The lowest BCUT2D eigenvalue weighted by atomic mass is 10.3. The lowest BCUT2D eigenvalue weighted by Gasteiger charge is -1.97. The monoisotopic (exact) mass is 175 g/mol. The first-order chi connectivity index (χ1) is 6.40. The summed E-state index contributed by atoms with van der Waals surface area (Å²) in [6.07, 6.45) is 2.09. The fourth-order valence-corrected chi connectivity index (χ4v) is 0.875. The van der Waals surface area contributed by atoms with E-state index < -0.39 is 0 Å². The van der Waals surface area contributed by atoms with Gasteiger partial charge in [0.1, 0.15) is 6.33 Å². The van der Waals surface area contributed by atoms with Crippen LogP contribution in [0.5, 0.6) is 0 Å². The zero-order valence-electron chi connectivity index (χ0n) is 6.83. The minimum Gasteiger partial charge on any atom is -0.180 e. The van der Waals surface area contributed by atoms with E-state index in [-0.39, 0.29) is 0 Å². The van der Waals surface area contributed by atoms with Gasteiger partial charge >= 0.3 is 0 Å². The largest absolute Gasteiger partial charge is 0.180 e. The Morgan fingerprint density at radius 2 is 2.23 bits per heavy atom. The second-order valence-corrected chi connectivity index (χ2v) is 2.39. The highest BCUT2D eigenvalue weighted by molar-refractivity contribution is 5.18. The second kappa shape index (κ2) is 3.26. The Labute approximate surface area is 74.6 Å². The highest BCUT2D eigenvalue weighted by Crippen LogP contribution is 1.99. The fourth-order valence-electron chi connectivity index (χ4n) is 0.875. The molecule has 0 unspecified atom stereocenters. The maximum absolute atomic E-state index is 3.92. The Balaban J connectivity index is 2.33. The number of tetrazole rings is 1. The molecule has 0 saturated heterocycles. The molecule has 0 amide bonds. The van der Waals surface area contributed by atoms with E-state index in [9.17, 15) is 0 Å². The number of nitrogens with zero attached hydrogens (tertiary/aromatic N) is 6. The summed E-state index contributed by atoms with van der Waals surface area (Å²) < 4.78 is 1.44. The van der Waals surface area contributed by atoms with Gasteiger partial charge in [-0.15, -0.1) is 10.2 Å². The third-order valence-electron chi connectivity index (χ3n) is 1.55. The summed E-state index contributed by atoms with van der Waals surface area (Å²) in [5.74, 6) is 0.599. The van der Waals surface area contributed by atoms with Gasteiger partial charge in [0, 0.05) is 0 Å². The standard InChI is InChI=1S/C7H7N6/c1-2-6-3-4-7(10-9-6)13-5-8-11-12-13/h3-5H,1-2H2. The molecule has 0 spiro atoms. The molecule has 13 heavy (non-hydrogen) atoms. The van der Waals surface area contributed by atoms with Crippen molar-refractivity contribution in [1.29, 1.82) is 0 Å². The van der Waals surface area contributed by atoms with Crippen molar-refractivity contribution in [1.82, 2.24) is 30.4 Å². The van der Waals surface area contributed by atoms with Gasteiger partial charge < -0.3 is 0 Å². The average Bonchev–Trinajstić information content (AvgIpc) is 2.71. The van der Waals surface area contributed by atoms with Gasteiger partial charge in [-0.1, -0.05) is 0 Å². The van der Waals surface area contributed by atoms with Crippen LogP contribution in [0.3, 0.4) is 0 Å². The molecule has 6 heteroatoms. The second-order valence-electron chi connectivity index (χ2n) is 2.39. The summed E-state index contributed by atoms with van der Waals surface area (Å²) in [4.78, 5) is 0. The molecular formula is C7H7N6. The minimum atomic E-state index is 0.599. The molecule has 0 bridgehead atoms. The quantitative estimate of drug-likeness (QED) is 0.633. The van der Waals surface area contributed by atoms with E-state index in [0.717, 1.165) is 5.69 Å². The van der Waals surface area contributed by atoms with Gasteiger partial charge in [-0.25, -0.2) is 0 Å². The van der Waals surface area contributed by atoms with E-state index in [1.807, 2.05) is 6.07 Å². The Morgan fingerprint density at radius 3 is 2.77 bits per heavy atom. The molecule has 0 aliphatic heterocycles. The van der Waals surface area contributed by atoms with E-state index >= 15 is 0 Å². The van der Waals surface area contributed by atoms with Crippen LogP contribution in [-0.4, -0.2) is 30.4 Å². The molecule has 2 heterocycles. The molecule has 2 aromatic rings. The smallest absolute Gasteiger partial charge is 0.179 e.